The summed E-state index contributed by atoms with van der Waals surface area (Å²) in [5, 5.41) is 16.5. The molecule has 0 spiro atoms. The third kappa shape index (κ3) is 2.73. The van der Waals surface area contributed by atoms with Crippen LogP contribution in [-0.2, 0) is 7.05 Å². The molecule has 2 N–H and O–H groups in total. The molecule has 6 nitrogen and oxygen atoms in total. The minimum absolute atomic E-state index is 0.0307. The van der Waals surface area contributed by atoms with Gasteiger partial charge < -0.3 is 10.4 Å². The number of nitrogens with zero attached hydrogens (tertiary/aromatic N) is 3. The van der Waals surface area contributed by atoms with E-state index < -0.39 is 5.91 Å². The van der Waals surface area contributed by atoms with Crippen LogP contribution in [0.2, 0.25) is 0 Å². The van der Waals surface area contributed by atoms with Crippen molar-refractivity contribution in [1.29, 1.82) is 0 Å². The number of carbonyl (C=O) groups excluding carboxylic acids is 1. The summed E-state index contributed by atoms with van der Waals surface area (Å²) in [6, 6.07) is 4.70. The third-order valence-corrected chi connectivity index (χ3v) is 2.93. The van der Waals surface area contributed by atoms with Crippen molar-refractivity contribution in [2.45, 2.75) is 19.4 Å². The largest absolute Gasteiger partial charge is 0.505 e. The van der Waals surface area contributed by atoms with Gasteiger partial charge in [-0.15, -0.1) is 0 Å². The van der Waals surface area contributed by atoms with Crippen molar-refractivity contribution in [2.75, 3.05) is 0 Å². The summed E-state index contributed by atoms with van der Waals surface area (Å²) in [5.74, 6) is -0.522. The van der Waals surface area contributed by atoms with Gasteiger partial charge in [-0.1, -0.05) is 6.92 Å². The van der Waals surface area contributed by atoms with Crippen LogP contribution in [-0.4, -0.2) is 25.8 Å². The Labute approximate surface area is 111 Å². The molecule has 0 radical (unpaired) electrons. The Kier molecular flexibility index (Phi) is 3.79. The highest BCUT2D eigenvalue weighted by atomic mass is 16.3. The molecule has 0 aliphatic carbocycles. The highest BCUT2D eigenvalue weighted by Crippen LogP contribution is 2.18. The topological polar surface area (TPSA) is 80.0 Å². The first-order valence-electron chi connectivity index (χ1n) is 6.06. The zero-order valence-corrected chi connectivity index (χ0v) is 10.9. The molecule has 0 aliphatic rings. The second-order valence-electron chi connectivity index (χ2n) is 4.19. The zero-order chi connectivity index (χ0) is 13.8. The molecule has 1 amide bonds. The van der Waals surface area contributed by atoms with E-state index in [0.717, 1.165) is 12.1 Å². The predicted molar refractivity (Wildman–Crippen MR) is 69.6 cm³/mol. The van der Waals surface area contributed by atoms with Gasteiger partial charge in [0.05, 0.1) is 11.7 Å². The summed E-state index contributed by atoms with van der Waals surface area (Å²) in [6.07, 6.45) is 3.88. The Bertz CT molecular complexity index is 580. The van der Waals surface area contributed by atoms with E-state index in [1.807, 2.05) is 20.0 Å². The minimum atomic E-state index is -0.397. The number of rotatable bonds is 4. The number of nitrogens with one attached hydrogen (secondary N) is 1. The summed E-state index contributed by atoms with van der Waals surface area (Å²) < 4.78 is 1.72. The van der Waals surface area contributed by atoms with Gasteiger partial charge in [0.25, 0.3) is 5.91 Å². The standard InChI is InChI=1S/C13H16N4O2/c1-3-9(10-6-8-15-17(10)2)16-13(19)12-11(18)5-4-7-14-12/h4-9,18H,3H2,1-2H3,(H,16,19)/t9-/m0/s1. The molecule has 2 aromatic heterocycles. The lowest BCUT2D eigenvalue weighted by Gasteiger charge is -2.17. The maximum atomic E-state index is 12.1. The summed E-state index contributed by atoms with van der Waals surface area (Å²) in [6.45, 7) is 1.97. The van der Waals surface area contributed by atoms with Gasteiger partial charge in [0.2, 0.25) is 0 Å². The lowest BCUT2D eigenvalue weighted by atomic mass is 10.1. The Morgan fingerprint density at radius 1 is 1.47 bits per heavy atom. The number of hydrogen-bond donors (Lipinski definition) is 2. The number of amides is 1. The second-order valence-corrected chi connectivity index (χ2v) is 4.19. The summed E-state index contributed by atoms with van der Waals surface area (Å²) >= 11 is 0. The van der Waals surface area contributed by atoms with Crippen molar-refractivity contribution in [3.8, 4) is 5.75 Å². The molecule has 1 atom stereocenters. The van der Waals surface area contributed by atoms with E-state index in [2.05, 4.69) is 15.4 Å². The molecule has 0 saturated carbocycles. The van der Waals surface area contributed by atoms with Gasteiger partial charge in [0, 0.05) is 19.4 Å². The number of aryl methyl sites for hydroxylation is 1. The molecule has 0 saturated heterocycles. The van der Waals surface area contributed by atoms with E-state index in [9.17, 15) is 9.90 Å². The molecular formula is C13H16N4O2. The van der Waals surface area contributed by atoms with Gasteiger partial charge in [-0.2, -0.15) is 5.10 Å². The van der Waals surface area contributed by atoms with Crippen molar-refractivity contribution in [3.05, 3.63) is 42.0 Å². The Morgan fingerprint density at radius 2 is 2.26 bits per heavy atom. The average Bonchev–Trinajstić information content (AvgIpc) is 2.82. The van der Waals surface area contributed by atoms with Crippen LogP contribution in [0, 0.1) is 0 Å². The van der Waals surface area contributed by atoms with Crippen LogP contribution in [0.15, 0.2) is 30.6 Å². The molecule has 6 heteroatoms. The van der Waals surface area contributed by atoms with E-state index in [4.69, 9.17) is 0 Å². The molecular weight excluding hydrogens is 244 g/mol. The highest BCUT2D eigenvalue weighted by Gasteiger charge is 2.19. The first-order valence-corrected chi connectivity index (χ1v) is 6.06. The summed E-state index contributed by atoms with van der Waals surface area (Å²) in [4.78, 5) is 16.0. The number of aromatic hydroxyl groups is 1. The maximum Gasteiger partial charge on any atom is 0.274 e. The van der Waals surface area contributed by atoms with Crippen molar-refractivity contribution in [2.24, 2.45) is 7.05 Å². The fourth-order valence-electron chi connectivity index (χ4n) is 1.91. The van der Waals surface area contributed by atoms with Crippen LogP contribution in [0.4, 0.5) is 0 Å². The zero-order valence-electron chi connectivity index (χ0n) is 10.9. The normalized spacial score (nSPS) is 12.1. The molecule has 19 heavy (non-hydrogen) atoms. The van der Waals surface area contributed by atoms with Crippen LogP contribution >= 0.6 is 0 Å². The minimum Gasteiger partial charge on any atom is -0.505 e. The molecule has 2 aromatic rings. The van der Waals surface area contributed by atoms with E-state index in [0.29, 0.717) is 0 Å². The Hall–Kier alpha value is -2.37. The van der Waals surface area contributed by atoms with E-state index in [1.165, 1.54) is 12.3 Å². The quantitative estimate of drug-likeness (QED) is 0.870. The number of hydrogen-bond acceptors (Lipinski definition) is 4. The van der Waals surface area contributed by atoms with Crippen molar-refractivity contribution >= 4 is 5.91 Å². The number of carbonyl (C=O) groups is 1. The molecule has 0 aromatic carbocycles. The van der Waals surface area contributed by atoms with Crippen LogP contribution in [0.1, 0.15) is 35.6 Å². The fourth-order valence-corrected chi connectivity index (χ4v) is 1.91. The molecule has 0 fully saturated rings. The van der Waals surface area contributed by atoms with Gasteiger partial charge >= 0.3 is 0 Å². The van der Waals surface area contributed by atoms with Crippen molar-refractivity contribution in [3.63, 3.8) is 0 Å². The smallest absolute Gasteiger partial charge is 0.274 e. The maximum absolute atomic E-state index is 12.1. The molecule has 100 valence electrons. The van der Waals surface area contributed by atoms with Crippen LogP contribution < -0.4 is 5.32 Å². The Balaban J connectivity index is 2.18. The second kappa shape index (κ2) is 5.51. The van der Waals surface area contributed by atoms with Gasteiger partial charge in [-0.3, -0.25) is 9.48 Å². The van der Waals surface area contributed by atoms with E-state index in [-0.39, 0.29) is 17.5 Å². The molecule has 0 bridgehead atoms. The summed E-state index contributed by atoms with van der Waals surface area (Å²) in [7, 11) is 1.82. The van der Waals surface area contributed by atoms with Crippen LogP contribution in [0.3, 0.4) is 0 Å². The lowest BCUT2D eigenvalue weighted by molar-refractivity contribution is 0.0926. The number of pyridine rings is 1. The number of aromatic nitrogens is 3. The van der Waals surface area contributed by atoms with Gasteiger partial charge in [0.15, 0.2) is 5.69 Å². The first kappa shape index (κ1) is 13.1. The highest BCUT2D eigenvalue weighted by molar-refractivity contribution is 5.94. The molecule has 0 unspecified atom stereocenters. The third-order valence-electron chi connectivity index (χ3n) is 2.93. The van der Waals surface area contributed by atoms with Crippen LogP contribution in [0.25, 0.3) is 0 Å². The van der Waals surface area contributed by atoms with E-state index in [1.54, 1.807) is 16.9 Å². The molecule has 2 rings (SSSR count). The Morgan fingerprint density at radius 3 is 2.84 bits per heavy atom. The fraction of sp³-hybridized carbons (Fsp3) is 0.308. The molecule has 0 aliphatic heterocycles. The first-order chi connectivity index (χ1) is 9.13. The predicted octanol–water partition coefficient (Wildman–Crippen LogP) is 1.40. The van der Waals surface area contributed by atoms with Crippen molar-refractivity contribution in [1.82, 2.24) is 20.1 Å². The van der Waals surface area contributed by atoms with Gasteiger partial charge in [-0.05, 0) is 24.6 Å². The van der Waals surface area contributed by atoms with Gasteiger partial charge in [-0.25, -0.2) is 4.98 Å². The monoisotopic (exact) mass is 260 g/mol. The summed E-state index contributed by atoms with van der Waals surface area (Å²) in [5.41, 5.74) is 0.939. The lowest BCUT2D eigenvalue weighted by Crippen LogP contribution is -2.30. The average molecular weight is 260 g/mol. The van der Waals surface area contributed by atoms with Gasteiger partial charge in [0.1, 0.15) is 5.75 Å². The van der Waals surface area contributed by atoms with E-state index >= 15 is 0 Å². The van der Waals surface area contributed by atoms with Crippen LogP contribution in [0.5, 0.6) is 5.75 Å². The molecule has 2 heterocycles. The SMILES string of the molecule is CC[C@H](NC(=O)c1ncccc1O)c1ccnn1C. The van der Waals surface area contributed by atoms with Crippen molar-refractivity contribution < 1.29 is 9.90 Å².